The predicted octanol–water partition coefficient (Wildman–Crippen LogP) is 4.91. The van der Waals surface area contributed by atoms with Crippen molar-refractivity contribution in [2.24, 2.45) is 5.92 Å². The molecular weight excluding hydrogens is 362 g/mol. The fraction of sp³-hybridized carbons (Fsp3) is 0.750. The van der Waals surface area contributed by atoms with Crippen LogP contribution in [0.25, 0.3) is 0 Å². The van der Waals surface area contributed by atoms with Crippen LogP contribution in [0.1, 0.15) is 76.0 Å². The lowest BCUT2D eigenvalue weighted by atomic mass is 9.84. The quantitative estimate of drug-likeness (QED) is 0.720. The molecule has 2 fully saturated rings. The number of anilines is 1. The van der Waals surface area contributed by atoms with Gasteiger partial charge in [-0.3, -0.25) is 10.1 Å². The van der Waals surface area contributed by atoms with E-state index in [2.05, 4.69) is 22.1 Å². The maximum atomic E-state index is 13.2. The molecule has 0 bridgehead atoms. The standard InChI is InChI=1S/C20H31N3O3S/c1-14-7-9-16(10-8-14)23(15-5-3-2-4-6-15)20(26)22-19-21-13-17(27-19)11-12-18(24)25/h13-16H,2-12H2,1H3,(H,24,25)(H,21,22,26). The van der Waals surface area contributed by atoms with Crippen molar-refractivity contribution in [1.29, 1.82) is 0 Å². The number of carbonyl (C=O) groups is 2. The molecule has 7 heteroatoms. The third-order valence-electron chi connectivity index (χ3n) is 5.93. The lowest BCUT2D eigenvalue weighted by molar-refractivity contribution is -0.136. The average Bonchev–Trinajstić information content (AvgIpc) is 3.10. The second-order valence-corrected chi connectivity index (χ2v) is 9.18. The zero-order valence-corrected chi connectivity index (χ0v) is 17.0. The Kier molecular flexibility index (Phi) is 7.10. The van der Waals surface area contributed by atoms with Gasteiger partial charge in [-0.15, -0.1) is 11.3 Å². The van der Waals surface area contributed by atoms with E-state index in [1.807, 2.05) is 0 Å². The second kappa shape index (κ2) is 9.53. The number of amides is 2. The number of carboxylic acids is 1. The van der Waals surface area contributed by atoms with Crippen molar-refractivity contribution in [3.05, 3.63) is 11.1 Å². The number of hydrogen-bond donors (Lipinski definition) is 2. The first-order valence-corrected chi connectivity index (χ1v) is 11.1. The summed E-state index contributed by atoms with van der Waals surface area (Å²) < 4.78 is 0. The van der Waals surface area contributed by atoms with Crippen LogP contribution in [-0.2, 0) is 11.2 Å². The van der Waals surface area contributed by atoms with Gasteiger partial charge in [-0.2, -0.15) is 0 Å². The normalized spacial score (nSPS) is 23.7. The Morgan fingerprint density at radius 2 is 1.81 bits per heavy atom. The second-order valence-electron chi connectivity index (χ2n) is 8.07. The summed E-state index contributed by atoms with van der Waals surface area (Å²) in [5.41, 5.74) is 0. The van der Waals surface area contributed by atoms with E-state index in [4.69, 9.17) is 5.11 Å². The molecule has 3 rings (SSSR count). The fourth-order valence-electron chi connectivity index (χ4n) is 4.38. The summed E-state index contributed by atoms with van der Waals surface area (Å²) in [5.74, 6) is -0.0581. The van der Waals surface area contributed by atoms with Crippen LogP contribution in [-0.4, -0.2) is 39.1 Å². The van der Waals surface area contributed by atoms with Crippen LogP contribution in [0.4, 0.5) is 9.93 Å². The lowest BCUT2D eigenvalue weighted by Gasteiger charge is -2.42. The van der Waals surface area contributed by atoms with Gasteiger partial charge in [0, 0.05) is 23.2 Å². The van der Waals surface area contributed by atoms with Crippen LogP contribution in [0.3, 0.4) is 0 Å². The minimum absolute atomic E-state index is 0.0272. The Morgan fingerprint density at radius 3 is 2.48 bits per heavy atom. The number of carbonyl (C=O) groups excluding carboxylic acids is 1. The molecule has 6 nitrogen and oxygen atoms in total. The van der Waals surface area contributed by atoms with Crippen molar-refractivity contribution in [3.8, 4) is 0 Å². The van der Waals surface area contributed by atoms with Crippen molar-refractivity contribution in [2.75, 3.05) is 5.32 Å². The van der Waals surface area contributed by atoms with Gasteiger partial charge in [0.25, 0.3) is 0 Å². The maximum Gasteiger partial charge on any atom is 0.324 e. The van der Waals surface area contributed by atoms with Crippen molar-refractivity contribution >= 4 is 28.5 Å². The summed E-state index contributed by atoms with van der Waals surface area (Å²) in [4.78, 5) is 31.2. The molecule has 0 spiro atoms. The van der Waals surface area contributed by atoms with Gasteiger partial charge < -0.3 is 10.0 Å². The van der Waals surface area contributed by atoms with Gasteiger partial charge in [0.1, 0.15) is 0 Å². The van der Waals surface area contributed by atoms with E-state index in [0.717, 1.165) is 36.5 Å². The highest BCUT2D eigenvalue weighted by molar-refractivity contribution is 7.15. The Balaban J connectivity index is 1.66. The van der Waals surface area contributed by atoms with Crippen LogP contribution in [0.15, 0.2) is 6.20 Å². The first-order chi connectivity index (χ1) is 13.0. The van der Waals surface area contributed by atoms with Crippen molar-refractivity contribution in [2.45, 2.75) is 89.6 Å². The number of thiazole rings is 1. The third-order valence-corrected chi connectivity index (χ3v) is 6.91. The van der Waals surface area contributed by atoms with Crippen LogP contribution < -0.4 is 5.32 Å². The van der Waals surface area contributed by atoms with Crippen LogP contribution >= 0.6 is 11.3 Å². The molecule has 1 heterocycles. The monoisotopic (exact) mass is 393 g/mol. The summed E-state index contributed by atoms with van der Waals surface area (Å²) in [5, 5.41) is 12.4. The lowest BCUT2D eigenvalue weighted by Crippen LogP contribution is -2.51. The Labute approximate surface area is 165 Å². The average molecular weight is 394 g/mol. The SMILES string of the molecule is CC1CCC(N(C(=O)Nc2ncc(CCC(=O)O)s2)C2CCCCC2)CC1. The molecule has 27 heavy (non-hydrogen) atoms. The largest absolute Gasteiger partial charge is 0.481 e. The van der Waals surface area contributed by atoms with Gasteiger partial charge in [-0.25, -0.2) is 9.78 Å². The molecule has 0 aliphatic heterocycles. The predicted molar refractivity (Wildman–Crippen MR) is 107 cm³/mol. The molecular formula is C20H31N3O3S. The number of rotatable bonds is 6. The highest BCUT2D eigenvalue weighted by Crippen LogP contribution is 2.33. The number of urea groups is 1. The molecule has 2 N–H and O–H groups in total. The summed E-state index contributed by atoms with van der Waals surface area (Å²) in [6.45, 7) is 2.30. The van der Waals surface area contributed by atoms with Crippen LogP contribution in [0, 0.1) is 5.92 Å². The van der Waals surface area contributed by atoms with Crippen molar-refractivity contribution in [3.63, 3.8) is 0 Å². The van der Waals surface area contributed by atoms with E-state index < -0.39 is 5.97 Å². The van der Waals surface area contributed by atoms with Gasteiger partial charge in [-0.1, -0.05) is 26.2 Å². The fourth-order valence-corrected chi connectivity index (χ4v) is 5.18. The Bertz CT molecular complexity index is 634. The number of hydrogen-bond acceptors (Lipinski definition) is 4. The summed E-state index contributed by atoms with van der Waals surface area (Å²) in [6, 6.07) is 0.639. The number of carboxylic acid groups (broad SMARTS) is 1. The summed E-state index contributed by atoms with van der Waals surface area (Å²) >= 11 is 1.38. The highest BCUT2D eigenvalue weighted by atomic mass is 32.1. The van der Waals surface area contributed by atoms with E-state index in [1.165, 1.54) is 43.4 Å². The third kappa shape index (κ3) is 5.67. The number of nitrogens with one attached hydrogen (secondary N) is 1. The van der Waals surface area contributed by atoms with Gasteiger partial charge in [-0.05, 0) is 50.9 Å². The number of nitrogens with zero attached hydrogens (tertiary/aromatic N) is 2. The first kappa shape index (κ1) is 20.1. The smallest absolute Gasteiger partial charge is 0.324 e. The highest BCUT2D eigenvalue weighted by Gasteiger charge is 2.33. The first-order valence-electron chi connectivity index (χ1n) is 10.3. The van der Waals surface area contributed by atoms with Crippen molar-refractivity contribution < 1.29 is 14.7 Å². The number of aliphatic carboxylic acids is 1. The number of aromatic nitrogens is 1. The molecule has 150 valence electrons. The van der Waals surface area contributed by atoms with Crippen molar-refractivity contribution in [1.82, 2.24) is 9.88 Å². The molecule has 1 aromatic heterocycles. The molecule has 2 saturated carbocycles. The van der Waals surface area contributed by atoms with Gasteiger partial charge in [0.05, 0.1) is 6.42 Å². The van der Waals surface area contributed by atoms with E-state index in [-0.39, 0.29) is 12.5 Å². The topological polar surface area (TPSA) is 82.5 Å². The Hall–Kier alpha value is -1.63. The molecule has 0 unspecified atom stereocenters. The Morgan fingerprint density at radius 1 is 1.15 bits per heavy atom. The minimum Gasteiger partial charge on any atom is -0.481 e. The molecule has 0 aromatic carbocycles. The van der Waals surface area contributed by atoms with E-state index in [0.29, 0.717) is 23.6 Å². The zero-order chi connectivity index (χ0) is 19.2. The molecule has 0 radical (unpaired) electrons. The minimum atomic E-state index is -0.816. The summed E-state index contributed by atoms with van der Waals surface area (Å²) in [7, 11) is 0. The van der Waals surface area contributed by atoms with Gasteiger partial charge in [0.15, 0.2) is 5.13 Å². The zero-order valence-electron chi connectivity index (χ0n) is 16.2. The number of aryl methyl sites for hydroxylation is 1. The molecule has 0 saturated heterocycles. The van der Waals surface area contributed by atoms with E-state index >= 15 is 0 Å². The van der Waals surface area contributed by atoms with Gasteiger partial charge in [0.2, 0.25) is 0 Å². The molecule has 2 aliphatic carbocycles. The van der Waals surface area contributed by atoms with Crippen LogP contribution in [0.5, 0.6) is 0 Å². The molecule has 2 aliphatic rings. The van der Waals surface area contributed by atoms with E-state index in [1.54, 1.807) is 6.20 Å². The maximum absolute atomic E-state index is 13.2. The molecule has 1 aromatic rings. The summed E-state index contributed by atoms with van der Waals surface area (Å²) in [6.07, 6.45) is 12.7. The van der Waals surface area contributed by atoms with Crippen LogP contribution in [0.2, 0.25) is 0 Å². The van der Waals surface area contributed by atoms with E-state index in [9.17, 15) is 9.59 Å². The van der Waals surface area contributed by atoms with Gasteiger partial charge >= 0.3 is 12.0 Å². The molecule has 0 atom stereocenters. The molecule has 2 amide bonds.